The quantitative estimate of drug-likeness (QED) is 0.718. The largest absolute Gasteiger partial charge is 0.626 e. The van der Waals surface area contributed by atoms with Crippen LogP contribution in [0.25, 0.3) is 0 Å². The van der Waals surface area contributed by atoms with Gasteiger partial charge in [0.1, 0.15) is 15.8 Å². The van der Waals surface area contributed by atoms with Crippen LogP contribution in [-0.2, 0) is 10.1 Å². The SMILES string of the molecule is [O-][S+]1(c2ccccc2)=Nc2ccccc2[C@@H]2CC[C@@H]21. The first-order valence-electron chi connectivity index (χ1n) is 6.69. The van der Waals surface area contributed by atoms with Crippen molar-refractivity contribution in [2.75, 3.05) is 0 Å². The molecule has 19 heavy (non-hydrogen) atoms. The van der Waals surface area contributed by atoms with Crippen molar-refractivity contribution >= 4 is 15.8 Å². The number of rotatable bonds is 1. The lowest BCUT2D eigenvalue weighted by atomic mass is 9.78. The summed E-state index contributed by atoms with van der Waals surface area (Å²) in [5, 5.41) is 0.199. The lowest BCUT2D eigenvalue weighted by molar-refractivity contribution is 0.401. The highest BCUT2D eigenvalue weighted by Crippen LogP contribution is 2.53. The van der Waals surface area contributed by atoms with Crippen LogP contribution in [0.1, 0.15) is 24.3 Å². The lowest BCUT2D eigenvalue weighted by Crippen LogP contribution is -2.42. The fourth-order valence-corrected chi connectivity index (χ4v) is 5.93. The van der Waals surface area contributed by atoms with Crippen molar-refractivity contribution in [3.8, 4) is 0 Å². The molecule has 1 aliphatic heterocycles. The van der Waals surface area contributed by atoms with E-state index in [4.69, 9.17) is 0 Å². The molecule has 96 valence electrons. The van der Waals surface area contributed by atoms with E-state index in [2.05, 4.69) is 16.5 Å². The Labute approximate surface area is 114 Å². The number of fused-ring (bicyclic) bond motifs is 3. The molecule has 2 aliphatic rings. The summed E-state index contributed by atoms with van der Waals surface area (Å²) in [6.45, 7) is 0. The van der Waals surface area contributed by atoms with Crippen molar-refractivity contribution in [1.82, 2.24) is 0 Å². The van der Waals surface area contributed by atoms with Gasteiger partial charge in [0.2, 0.25) is 0 Å². The van der Waals surface area contributed by atoms with Crippen LogP contribution in [-0.4, -0.2) is 9.80 Å². The van der Waals surface area contributed by atoms with Crippen LogP contribution >= 0.6 is 0 Å². The molecule has 0 saturated heterocycles. The third-order valence-electron chi connectivity index (χ3n) is 4.27. The van der Waals surface area contributed by atoms with Crippen molar-refractivity contribution in [3.63, 3.8) is 0 Å². The first kappa shape index (κ1) is 11.4. The third-order valence-corrected chi connectivity index (χ3v) is 7.07. The third kappa shape index (κ3) is 1.55. The maximum Gasteiger partial charge on any atom is 0.137 e. The number of hydrogen-bond acceptors (Lipinski definition) is 2. The van der Waals surface area contributed by atoms with E-state index in [9.17, 15) is 4.55 Å². The van der Waals surface area contributed by atoms with Crippen LogP contribution in [0.15, 0.2) is 63.9 Å². The van der Waals surface area contributed by atoms with E-state index in [1.807, 2.05) is 42.5 Å². The van der Waals surface area contributed by atoms with E-state index >= 15 is 0 Å². The molecule has 1 aliphatic carbocycles. The zero-order valence-electron chi connectivity index (χ0n) is 10.5. The van der Waals surface area contributed by atoms with Crippen LogP contribution in [0.5, 0.6) is 0 Å². The molecule has 0 bridgehead atoms. The van der Waals surface area contributed by atoms with Gasteiger partial charge in [0.05, 0.1) is 0 Å². The maximum absolute atomic E-state index is 13.4. The zero-order valence-corrected chi connectivity index (χ0v) is 11.3. The van der Waals surface area contributed by atoms with Gasteiger partial charge in [-0.1, -0.05) is 36.4 Å². The summed E-state index contributed by atoms with van der Waals surface area (Å²) in [6.07, 6.45) is 2.16. The minimum atomic E-state index is -2.30. The molecule has 0 radical (unpaired) electrons. The molecular formula is C16H15NOS. The summed E-state index contributed by atoms with van der Waals surface area (Å²) in [7, 11) is -2.30. The molecule has 4 rings (SSSR count). The Balaban J connectivity index is 1.96. The van der Waals surface area contributed by atoms with Crippen molar-refractivity contribution in [2.24, 2.45) is 4.36 Å². The van der Waals surface area contributed by atoms with E-state index in [0.29, 0.717) is 5.92 Å². The van der Waals surface area contributed by atoms with Gasteiger partial charge in [-0.25, -0.2) is 0 Å². The lowest BCUT2D eigenvalue weighted by Gasteiger charge is -2.45. The molecule has 1 heterocycles. The molecule has 2 aromatic rings. The second-order valence-electron chi connectivity index (χ2n) is 5.25. The zero-order chi connectivity index (χ0) is 12.9. The highest BCUT2D eigenvalue weighted by molar-refractivity contribution is 8.00. The van der Waals surface area contributed by atoms with Gasteiger partial charge in [0.15, 0.2) is 0 Å². The Morgan fingerprint density at radius 3 is 2.42 bits per heavy atom. The first-order valence-corrected chi connectivity index (χ1v) is 8.27. The fraction of sp³-hybridized carbons (Fsp3) is 0.250. The first-order chi connectivity index (χ1) is 9.29. The molecule has 1 fully saturated rings. The van der Waals surface area contributed by atoms with Gasteiger partial charge in [-0.15, -0.1) is 4.36 Å². The standard InChI is InChI=1S/C16H15NOS/c18-19(12-6-2-1-3-7-12)16-11-10-14(16)13-8-4-5-9-15(13)17-19/h1-9,14,16H,10-11H2/t14-,16-,19?/m0/s1. The molecule has 2 nitrogen and oxygen atoms in total. The van der Waals surface area contributed by atoms with Crippen LogP contribution < -0.4 is 0 Å². The smallest absolute Gasteiger partial charge is 0.137 e. The average molecular weight is 269 g/mol. The summed E-state index contributed by atoms with van der Waals surface area (Å²) in [5.74, 6) is 0.432. The van der Waals surface area contributed by atoms with Crippen LogP contribution in [0.3, 0.4) is 0 Å². The minimum absolute atomic E-state index is 0.199. The van der Waals surface area contributed by atoms with Gasteiger partial charge >= 0.3 is 0 Å². The molecule has 1 unspecified atom stereocenters. The summed E-state index contributed by atoms with van der Waals surface area (Å²) < 4.78 is 18.1. The number of hydrogen-bond donors (Lipinski definition) is 0. The fourth-order valence-electron chi connectivity index (χ4n) is 3.15. The van der Waals surface area contributed by atoms with Crippen molar-refractivity contribution in [2.45, 2.75) is 28.9 Å². The van der Waals surface area contributed by atoms with Gasteiger partial charge in [-0.3, -0.25) is 0 Å². The Kier molecular flexibility index (Phi) is 2.41. The van der Waals surface area contributed by atoms with Crippen molar-refractivity contribution < 1.29 is 4.55 Å². The second kappa shape index (κ2) is 4.02. The summed E-state index contributed by atoms with van der Waals surface area (Å²) in [6, 6.07) is 17.9. The predicted molar refractivity (Wildman–Crippen MR) is 77.1 cm³/mol. The minimum Gasteiger partial charge on any atom is -0.626 e. The molecule has 2 aromatic carbocycles. The molecule has 0 N–H and O–H groups in total. The van der Waals surface area contributed by atoms with Crippen molar-refractivity contribution in [1.29, 1.82) is 0 Å². The molecule has 0 spiro atoms. The predicted octanol–water partition coefficient (Wildman–Crippen LogP) is 4.10. The Hall–Kier alpha value is -1.45. The Morgan fingerprint density at radius 2 is 1.68 bits per heavy atom. The topological polar surface area (TPSA) is 35.4 Å². The van der Waals surface area contributed by atoms with E-state index in [1.54, 1.807) is 0 Å². The van der Waals surface area contributed by atoms with Crippen molar-refractivity contribution in [3.05, 3.63) is 60.2 Å². The van der Waals surface area contributed by atoms with E-state index in [1.165, 1.54) is 5.56 Å². The highest BCUT2D eigenvalue weighted by Gasteiger charge is 2.48. The van der Waals surface area contributed by atoms with Crippen LogP contribution in [0.4, 0.5) is 5.69 Å². The van der Waals surface area contributed by atoms with Gasteiger partial charge in [-0.2, -0.15) is 0 Å². The molecule has 3 atom stereocenters. The molecule has 0 aromatic heterocycles. The van der Waals surface area contributed by atoms with Gasteiger partial charge in [-0.05, 0) is 46.7 Å². The molecular weight excluding hydrogens is 254 g/mol. The monoisotopic (exact) mass is 269 g/mol. The molecule has 3 heteroatoms. The van der Waals surface area contributed by atoms with Gasteiger partial charge < -0.3 is 4.55 Å². The summed E-state index contributed by atoms with van der Waals surface area (Å²) in [4.78, 5) is 0.888. The summed E-state index contributed by atoms with van der Waals surface area (Å²) in [5.41, 5.74) is 2.21. The number of benzene rings is 2. The highest BCUT2D eigenvalue weighted by atomic mass is 32.3. The normalized spacial score (nSPS) is 31.6. The Morgan fingerprint density at radius 1 is 0.947 bits per heavy atom. The summed E-state index contributed by atoms with van der Waals surface area (Å²) >= 11 is 0. The molecule has 0 amide bonds. The van der Waals surface area contributed by atoms with E-state index in [0.717, 1.165) is 23.4 Å². The second-order valence-corrected chi connectivity index (χ2v) is 7.65. The van der Waals surface area contributed by atoms with Gasteiger partial charge in [0.25, 0.3) is 0 Å². The van der Waals surface area contributed by atoms with Crippen LogP contribution in [0.2, 0.25) is 0 Å². The van der Waals surface area contributed by atoms with E-state index in [-0.39, 0.29) is 5.25 Å². The van der Waals surface area contributed by atoms with E-state index < -0.39 is 10.1 Å². The van der Waals surface area contributed by atoms with Gasteiger partial charge in [0, 0.05) is 5.92 Å². The molecule has 1 saturated carbocycles. The average Bonchev–Trinajstić information content (AvgIpc) is 2.40. The van der Waals surface area contributed by atoms with Crippen LogP contribution in [0, 0.1) is 0 Å². The number of nitrogens with zero attached hydrogens (tertiary/aromatic N) is 1. The Bertz CT molecular complexity index is 680. The maximum atomic E-state index is 13.4.